The second-order valence-corrected chi connectivity index (χ2v) is 3.29. The van der Waals surface area contributed by atoms with Gasteiger partial charge in [0.15, 0.2) is 0 Å². The topological polar surface area (TPSA) is 46.5 Å². The van der Waals surface area contributed by atoms with Gasteiger partial charge in [-0.2, -0.15) is 0 Å². The highest BCUT2D eigenvalue weighted by Crippen LogP contribution is 2.24. The fourth-order valence-electron chi connectivity index (χ4n) is 1.44. The first-order valence-corrected chi connectivity index (χ1v) is 4.56. The zero-order valence-corrected chi connectivity index (χ0v) is 8.23. The van der Waals surface area contributed by atoms with Crippen molar-refractivity contribution in [3.8, 4) is 11.5 Å². The average molecular weight is 202 g/mol. The van der Waals surface area contributed by atoms with E-state index < -0.39 is 0 Å². The van der Waals surface area contributed by atoms with Gasteiger partial charge in [-0.15, -0.1) is 0 Å². The largest absolute Gasteiger partial charge is 0.508 e. The fourth-order valence-corrected chi connectivity index (χ4v) is 1.44. The van der Waals surface area contributed by atoms with Gasteiger partial charge in [-0.3, -0.25) is 4.79 Å². The minimum Gasteiger partial charge on any atom is -0.508 e. The fraction of sp³-hybridized carbons (Fsp3) is 0.0833. The number of rotatable bonds is 1. The van der Waals surface area contributed by atoms with Crippen LogP contribution in [0.4, 0.5) is 0 Å². The Bertz CT molecular complexity index is 517. The number of fused-ring (bicyclic) bond motifs is 1. The van der Waals surface area contributed by atoms with E-state index in [0.29, 0.717) is 5.75 Å². The number of aromatic hydroxyl groups is 1. The van der Waals surface area contributed by atoms with E-state index >= 15 is 0 Å². The molecule has 0 aromatic heterocycles. The third kappa shape index (κ3) is 2.07. The number of carbonyl (C=O) groups is 1. The summed E-state index contributed by atoms with van der Waals surface area (Å²) in [6.07, 6.45) is 0. The van der Waals surface area contributed by atoms with E-state index in [9.17, 15) is 9.90 Å². The number of carbonyl (C=O) groups excluding carboxylic acids is 1. The van der Waals surface area contributed by atoms with Crippen LogP contribution >= 0.6 is 0 Å². The molecule has 0 radical (unpaired) electrons. The van der Waals surface area contributed by atoms with Gasteiger partial charge in [-0.25, -0.2) is 0 Å². The second-order valence-electron chi connectivity index (χ2n) is 3.29. The first kappa shape index (κ1) is 9.52. The molecule has 0 amide bonds. The predicted molar refractivity (Wildman–Crippen MR) is 56.9 cm³/mol. The first-order chi connectivity index (χ1) is 7.15. The van der Waals surface area contributed by atoms with E-state index in [-0.39, 0.29) is 11.7 Å². The van der Waals surface area contributed by atoms with E-state index in [0.717, 1.165) is 10.8 Å². The minimum absolute atomic E-state index is 0.197. The molecule has 0 aliphatic rings. The van der Waals surface area contributed by atoms with Crippen LogP contribution in [-0.4, -0.2) is 11.1 Å². The van der Waals surface area contributed by atoms with Gasteiger partial charge < -0.3 is 9.84 Å². The Morgan fingerprint density at radius 1 is 1.13 bits per heavy atom. The molecule has 2 aromatic rings. The van der Waals surface area contributed by atoms with Crippen molar-refractivity contribution in [2.45, 2.75) is 6.92 Å². The minimum atomic E-state index is -0.352. The van der Waals surface area contributed by atoms with E-state index in [2.05, 4.69) is 0 Å². The smallest absolute Gasteiger partial charge is 0.308 e. The number of esters is 1. The average Bonchev–Trinajstić information content (AvgIpc) is 2.16. The van der Waals surface area contributed by atoms with E-state index in [1.54, 1.807) is 24.3 Å². The van der Waals surface area contributed by atoms with Crippen LogP contribution in [0.3, 0.4) is 0 Å². The maximum absolute atomic E-state index is 10.7. The molecule has 2 rings (SSSR count). The molecule has 3 nitrogen and oxygen atoms in total. The van der Waals surface area contributed by atoms with E-state index in [1.807, 2.05) is 12.1 Å². The lowest BCUT2D eigenvalue weighted by Crippen LogP contribution is -2.00. The Kier molecular flexibility index (Phi) is 2.29. The van der Waals surface area contributed by atoms with Gasteiger partial charge in [0.2, 0.25) is 0 Å². The van der Waals surface area contributed by atoms with Crippen LogP contribution in [-0.2, 0) is 4.79 Å². The van der Waals surface area contributed by atoms with Gasteiger partial charge in [-0.1, -0.05) is 12.1 Å². The standard InChI is InChI=1S/C12H10O3/c1-8(13)15-12-5-3-9-2-4-11(14)6-10(9)7-12/h2-7,14H,1H3. The molecule has 0 spiro atoms. The summed E-state index contributed by atoms with van der Waals surface area (Å²) < 4.78 is 4.94. The lowest BCUT2D eigenvalue weighted by atomic mass is 10.1. The second kappa shape index (κ2) is 3.61. The normalized spacial score (nSPS) is 10.2. The Hall–Kier alpha value is -2.03. The van der Waals surface area contributed by atoms with Crippen molar-refractivity contribution in [3.05, 3.63) is 36.4 Å². The highest BCUT2D eigenvalue weighted by molar-refractivity contribution is 5.85. The van der Waals surface area contributed by atoms with Crippen LogP contribution in [0.1, 0.15) is 6.92 Å². The van der Waals surface area contributed by atoms with Gasteiger partial charge in [0.25, 0.3) is 0 Å². The zero-order chi connectivity index (χ0) is 10.8. The first-order valence-electron chi connectivity index (χ1n) is 4.56. The summed E-state index contributed by atoms with van der Waals surface area (Å²) in [5.41, 5.74) is 0. The third-order valence-electron chi connectivity index (χ3n) is 2.06. The summed E-state index contributed by atoms with van der Waals surface area (Å²) in [7, 11) is 0. The van der Waals surface area contributed by atoms with Crippen LogP contribution in [0.25, 0.3) is 10.8 Å². The summed E-state index contributed by atoms with van der Waals surface area (Å²) in [6.45, 7) is 1.35. The van der Waals surface area contributed by atoms with Crippen LogP contribution in [0.2, 0.25) is 0 Å². The van der Waals surface area contributed by atoms with Crippen LogP contribution < -0.4 is 4.74 Å². The van der Waals surface area contributed by atoms with Crippen molar-refractivity contribution >= 4 is 16.7 Å². The molecule has 0 bridgehead atoms. The third-order valence-corrected chi connectivity index (χ3v) is 2.06. The van der Waals surface area contributed by atoms with Crippen molar-refractivity contribution in [3.63, 3.8) is 0 Å². The van der Waals surface area contributed by atoms with Gasteiger partial charge in [0.1, 0.15) is 11.5 Å². The van der Waals surface area contributed by atoms with Crippen molar-refractivity contribution in [1.29, 1.82) is 0 Å². The van der Waals surface area contributed by atoms with Crippen molar-refractivity contribution in [2.24, 2.45) is 0 Å². The lowest BCUT2D eigenvalue weighted by Gasteiger charge is -2.03. The van der Waals surface area contributed by atoms with Gasteiger partial charge in [-0.05, 0) is 35.0 Å². The highest BCUT2D eigenvalue weighted by Gasteiger charge is 2.00. The maximum Gasteiger partial charge on any atom is 0.308 e. The molecule has 0 fully saturated rings. The molecule has 0 unspecified atom stereocenters. The molecular weight excluding hydrogens is 192 g/mol. The monoisotopic (exact) mass is 202 g/mol. The SMILES string of the molecule is CC(=O)Oc1ccc2ccc(O)cc2c1. The summed E-state index contributed by atoms with van der Waals surface area (Å²) in [4.78, 5) is 10.7. The number of phenols is 1. The van der Waals surface area contributed by atoms with Gasteiger partial charge >= 0.3 is 5.97 Å². The molecule has 3 heteroatoms. The quantitative estimate of drug-likeness (QED) is 0.570. The van der Waals surface area contributed by atoms with Crippen molar-refractivity contribution in [2.75, 3.05) is 0 Å². The van der Waals surface area contributed by atoms with Crippen LogP contribution in [0.15, 0.2) is 36.4 Å². The molecule has 0 saturated heterocycles. The Morgan fingerprint density at radius 3 is 2.60 bits per heavy atom. The molecule has 0 aliphatic heterocycles. The zero-order valence-electron chi connectivity index (χ0n) is 8.23. The predicted octanol–water partition coefficient (Wildman–Crippen LogP) is 2.47. The van der Waals surface area contributed by atoms with Gasteiger partial charge in [0.05, 0.1) is 0 Å². The molecule has 1 N–H and O–H groups in total. The van der Waals surface area contributed by atoms with E-state index in [4.69, 9.17) is 4.74 Å². The number of hydrogen-bond acceptors (Lipinski definition) is 3. The van der Waals surface area contributed by atoms with Crippen LogP contribution in [0.5, 0.6) is 11.5 Å². The number of ether oxygens (including phenoxy) is 1. The maximum atomic E-state index is 10.7. The molecule has 0 atom stereocenters. The lowest BCUT2D eigenvalue weighted by molar-refractivity contribution is -0.131. The summed E-state index contributed by atoms with van der Waals surface area (Å²) >= 11 is 0. The molecule has 15 heavy (non-hydrogen) atoms. The molecule has 0 heterocycles. The number of hydrogen-bond donors (Lipinski definition) is 1. The van der Waals surface area contributed by atoms with Crippen molar-refractivity contribution in [1.82, 2.24) is 0 Å². The molecule has 2 aromatic carbocycles. The summed E-state index contributed by atoms with van der Waals surface area (Å²) in [5, 5.41) is 11.1. The Labute approximate surface area is 86.9 Å². The molecular formula is C12H10O3. The number of phenolic OH excluding ortho intramolecular Hbond substituents is 1. The molecule has 0 saturated carbocycles. The van der Waals surface area contributed by atoms with Crippen molar-refractivity contribution < 1.29 is 14.6 Å². The number of benzene rings is 2. The Balaban J connectivity index is 2.49. The van der Waals surface area contributed by atoms with E-state index in [1.165, 1.54) is 6.92 Å². The van der Waals surface area contributed by atoms with Crippen LogP contribution in [0, 0.1) is 0 Å². The summed E-state index contributed by atoms with van der Waals surface area (Å²) in [5.74, 6) is 0.331. The van der Waals surface area contributed by atoms with Gasteiger partial charge in [0, 0.05) is 6.92 Å². The highest BCUT2D eigenvalue weighted by atomic mass is 16.5. The molecule has 76 valence electrons. The summed E-state index contributed by atoms with van der Waals surface area (Å²) in [6, 6.07) is 10.3. The Morgan fingerprint density at radius 2 is 1.87 bits per heavy atom. The molecule has 0 aliphatic carbocycles.